The number of nitrogens with one attached hydrogen (secondary N) is 1. The van der Waals surface area contributed by atoms with Gasteiger partial charge in [0.25, 0.3) is 5.91 Å². The average Bonchev–Trinajstić information content (AvgIpc) is 3.24. The molecule has 148 valence electrons. The van der Waals surface area contributed by atoms with Crippen LogP contribution >= 0.6 is 0 Å². The molecule has 28 heavy (non-hydrogen) atoms. The predicted octanol–water partition coefficient (Wildman–Crippen LogP) is 3.24. The molecular formula is C21H25N3O3S. The normalized spacial score (nSPS) is 15.6. The Morgan fingerprint density at radius 3 is 2.39 bits per heavy atom. The van der Waals surface area contributed by atoms with E-state index in [4.69, 9.17) is 0 Å². The molecule has 6 nitrogen and oxygen atoms in total. The lowest BCUT2D eigenvalue weighted by Crippen LogP contribution is -2.28. The van der Waals surface area contributed by atoms with Gasteiger partial charge < -0.3 is 0 Å². The fraction of sp³-hybridized carbons (Fsp3) is 0.333. The van der Waals surface area contributed by atoms with E-state index in [1.165, 1.54) is 22.0 Å². The van der Waals surface area contributed by atoms with Crippen molar-refractivity contribution >= 4 is 21.6 Å². The Morgan fingerprint density at radius 2 is 1.71 bits per heavy atom. The van der Waals surface area contributed by atoms with Gasteiger partial charge in [-0.15, -0.1) is 0 Å². The molecule has 1 amide bonds. The number of sulfonamides is 1. The van der Waals surface area contributed by atoms with Crippen LogP contribution in [0.5, 0.6) is 0 Å². The summed E-state index contributed by atoms with van der Waals surface area (Å²) in [6.07, 6.45) is 1.73. The average molecular weight is 400 g/mol. The Morgan fingerprint density at radius 1 is 1.00 bits per heavy atom. The Balaban J connectivity index is 1.76. The van der Waals surface area contributed by atoms with Crippen molar-refractivity contribution in [2.75, 3.05) is 13.1 Å². The van der Waals surface area contributed by atoms with E-state index in [1.54, 1.807) is 12.1 Å². The molecule has 0 spiro atoms. The maximum absolute atomic E-state index is 12.7. The summed E-state index contributed by atoms with van der Waals surface area (Å²) in [5.74, 6) is -0.443. The molecule has 0 unspecified atom stereocenters. The van der Waals surface area contributed by atoms with Crippen LogP contribution in [0.3, 0.4) is 0 Å². The molecule has 0 saturated carbocycles. The zero-order valence-electron chi connectivity index (χ0n) is 16.4. The molecule has 1 aliphatic rings. The van der Waals surface area contributed by atoms with E-state index in [0.717, 1.165) is 24.0 Å². The van der Waals surface area contributed by atoms with E-state index >= 15 is 0 Å². The third-order valence-corrected chi connectivity index (χ3v) is 6.94. The van der Waals surface area contributed by atoms with Gasteiger partial charge in [0.05, 0.1) is 10.6 Å². The number of hydrazone groups is 1. The highest BCUT2D eigenvalue weighted by atomic mass is 32.2. The maximum atomic E-state index is 12.7. The van der Waals surface area contributed by atoms with Gasteiger partial charge >= 0.3 is 0 Å². The van der Waals surface area contributed by atoms with Crippen LogP contribution in [0.1, 0.15) is 46.8 Å². The van der Waals surface area contributed by atoms with Crippen molar-refractivity contribution in [1.29, 1.82) is 0 Å². The van der Waals surface area contributed by atoms with Crippen molar-refractivity contribution in [1.82, 2.24) is 9.73 Å². The SMILES string of the molecule is CC(=NNC(=O)c1cccc(S(=O)(=O)N2CCCC2)c1)c1ccc(C)c(C)c1. The highest BCUT2D eigenvalue weighted by Crippen LogP contribution is 2.21. The van der Waals surface area contributed by atoms with E-state index in [-0.39, 0.29) is 10.5 Å². The van der Waals surface area contributed by atoms with Gasteiger partial charge in [-0.3, -0.25) is 4.79 Å². The van der Waals surface area contributed by atoms with E-state index < -0.39 is 15.9 Å². The summed E-state index contributed by atoms with van der Waals surface area (Å²) in [4.78, 5) is 12.6. The highest BCUT2D eigenvalue weighted by Gasteiger charge is 2.27. The number of aryl methyl sites for hydroxylation is 2. The zero-order chi connectivity index (χ0) is 20.3. The third kappa shape index (κ3) is 4.31. The third-order valence-electron chi connectivity index (χ3n) is 5.05. The van der Waals surface area contributed by atoms with E-state index in [9.17, 15) is 13.2 Å². The molecule has 0 aromatic heterocycles. The van der Waals surface area contributed by atoms with Crippen LogP contribution in [0.4, 0.5) is 0 Å². The lowest BCUT2D eigenvalue weighted by atomic mass is 10.0. The number of amides is 1. The first-order valence-corrected chi connectivity index (χ1v) is 10.8. The number of hydrogen-bond donors (Lipinski definition) is 1. The van der Waals surface area contributed by atoms with Gasteiger partial charge in [-0.25, -0.2) is 13.8 Å². The second-order valence-corrected chi connectivity index (χ2v) is 9.01. The summed E-state index contributed by atoms with van der Waals surface area (Å²) in [7, 11) is -3.56. The molecule has 0 atom stereocenters. The Hall–Kier alpha value is -2.51. The lowest BCUT2D eigenvalue weighted by molar-refractivity contribution is 0.0954. The van der Waals surface area contributed by atoms with Gasteiger partial charge in [-0.2, -0.15) is 9.41 Å². The van der Waals surface area contributed by atoms with E-state index in [2.05, 4.69) is 10.5 Å². The van der Waals surface area contributed by atoms with Crippen LogP contribution in [0.25, 0.3) is 0 Å². The minimum atomic E-state index is -3.56. The lowest BCUT2D eigenvalue weighted by Gasteiger charge is -2.15. The Bertz CT molecular complexity index is 1020. The van der Waals surface area contributed by atoms with E-state index in [1.807, 2.05) is 39.0 Å². The van der Waals surface area contributed by atoms with Crippen LogP contribution in [0.2, 0.25) is 0 Å². The topological polar surface area (TPSA) is 78.8 Å². The molecule has 7 heteroatoms. The van der Waals surface area contributed by atoms with Crippen LogP contribution in [0, 0.1) is 13.8 Å². The predicted molar refractivity (Wildman–Crippen MR) is 110 cm³/mol. The molecule has 0 bridgehead atoms. The van der Waals surface area contributed by atoms with Gasteiger partial charge in [-0.1, -0.05) is 18.2 Å². The van der Waals surface area contributed by atoms with Crippen molar-refractivity contribution in [3.63, 3.8) is 0 Å². The fourth-order valence-electron chi connectivity index (χ4n) is 3.11. The van der Waals surface area contributed by atoms with Crippen molar-refractivity contribution < 1.29 is 13.2 Å². The number of benzene rings is 2. The molecule has 1 aliphatic heterocycles. The molecule has 0 aliphatic carbocycles. The summed E-state index contributed by atoms with van der Waals surface area (Å²) in [6, 6.07) is 12.1. The molecule has 1 fully saturated rings. The van der Waals surface area contributed by atoms with Crippen molar-refractivity contribution in [3.8, 4) is 0 Å². The number of nitrogens with zero attached hydrogens (tertiary/aromatic N) is 2. The highest BCUT2D eigenvalue weighted by molar-refractivity contribution is 7.89. The summed E-state index contributed by atoms with van der Waals surface area (Å²) in [5.41, 5.74) is 6.73. The summed E-state index contributed by atoms with van der Waals surface area (Å²) in [5, 5.41) is 4.17. The van der Waals surface area contributed by atoms with Crippen molar-refractivity contribution in [2.45, 2.75) is 38.5 Å². The number of carbonyl (C=O) groups is 1. The van der Waals surface area contributed by atoms with Gasteiger partial charge in [0, 0.05) is 18.7 Å². The monoisotopic (exact) mass is 399 g/mol. The van der Waals surface area contributed by atoms with Gasteiger partial charge in [-0.05, 0) is 74.6 Å². The molecule has 1 saturated heterocycles. The van der Waals surface area contributed by atoms with Gasteiger partial charge in [0.1, 0.15) is 0 Å². The molecule has 3 rings (SSSR count). The molecular weight excluding hydrogens is 374 g/mol. The fourth-order valence-corrected chi connectivity index (χ4v) is 4.67. The maximum Gasteiger partial charge on any atom is 0.271 e. The second-order valence-electron chi connectivity index (χ2n) is 7.08. The minimum Gasteiger partial charge on any atom is -0.267 e. The minimum absolute atomic E-state index is 0.136. The van der Waals surface area contributed by atoms with Crippen molar-refractivity contribution in [3.05, 3.63) is 64.7 Å². The largest absolute Gasteiger partial charge is 0.271 e. The number of carbonyl (C=O) groups excluding carboxylic acids is 1. The summed E-state index contributed by atoms with van der Waals surface area (Å²) >= 11 is 0. The quantitative estimate of drug-likeness (QED) is 0.619. The van der Waals surface area contributed by atoms with Gasteiger partial charge in [0.2, 0.25) is 10.0 Å². The second kappa shape index (κ2) is 8.24. The van der Waals surface area contributed by atoms with Gasteiger partial charge in [0.15, 0.2) is 0 Å². The van der Waals surface area contributed by atoms with E-state index in [0.29, 0.717) is 18.8 Å². The molecule has 1 N–H and O–H groups in total. The Labute approximate surface area is 166 Å². The van der Waals surface area contributed by atoms with Crippen LogP contribution in [-0.4, -0.2) is 37.4 Å². The van der Waals surface area contributed by atoms with Crippen LogP contribution < -0.4 is 5.43 Å². The summed E-state index contributed by atoms with van der Waals surface area (Å²) in [6.45, 7) is 6.93. The summed E-state index contributed by atoms with van der Waals surface area (Å²) < 4.78 is 26.8. The smallest absolute Gasteiger partial charge is 0.267 e. The van der Waals surface area contributed by atoms with Crippen molar-refractivity contribution in [2.24, 2.45) is 5.10 Å². The molecule has 0 radical (unpaired) electrons. The first-order chi connectivity index (χ1) is 13.3. The molecule has 2 aromatic rings. The molecule has 2 aromatic carbocycles. The first kappa shape index (κ1) is 20.2. The van der Waals surface area contributed by atoms with Crippen LogP contribution in [-0.2, 0) is 10.0 Å². The molecule has 1 heterocycles. The number of hydrogen-bond acceptors (Lipinski definition) is 4. The standard InChI is InChI=1S/C21H25N3O3S/c1-15-9-10-18(13-16(15)2)17(3)22-23-21(25)19-7-6-8-20(14-19)28(26,27)24-11-4-5-12-24/h6-10,13-14H,4-5,11-12H2,1-3H3,(H,23,25). The first-order valence-electron chi connectivity index (χ1n) is 9.31. The number of rotatable bonds is 5. The van der Waals surface area contributed by atoms with Crippen LogP contribution in [0.15, 0.2) is 52.5 Å². The zero-order valence-corrected chi connectivity index (χ0v) is 17.2. The Kier molecular flexibility index (Phi) is 5.96.